The Morgan fingerprint density at radius 1 is 0.733 bits per heavy atom. The fourth-order valence-electron chi connectivity index (χ4n) is 4.08. The minimum atomic E-state index is -0.469. The highest BCUT2D eigenvalue weighted by atomic mass is 127. The molecule has 2 aliphatic rings. The number of carbonyl (C=O) groups is 2. The summed E-state index contributed by atoms with van der Waals surface area (Å²) < 4.78 is 22.1. The van der Waals surface area contributed by atoms with Crippen LogP contribution in [0.3, 0.4) is 0 Å². The maximum Gasteiger partial charge on any atom is 0.407 e. The third kappa shape index (κ3) is 19.5. The van der Waals surface area contributed by atoms with Crippen LogP contribution in [0.2, 0.25) is 0 Å². The Hall–Kier alpha value is -2.61. The Kier molecular flexibility index (Phi) is 17.6. The summed E-state index contributed by atoms with van der Waals surface area (Å²) >= 11 is 2.24. The molecule has 2 saturated heterocycles. The second-order valence-corrected chi connectivity index (χ2v) is 13.9. The molecular formula is C34H53IN4O6. The highest BCUT2D eigenvalue weighted by Crippen LogP contribution is 2.17. The Labute approximate surface area is 283 Å². The molecule has 0 atom stereocenters. The molecule has 2 fully saturated rings. The van der Waals surface area contributed by atoms with Gasteiger partial charge in [0.15, 0.2) is 0 Å². The lowest BCUT2D eigenvalue weighted by molar-refractivity contribution is 0.0512. The molecule has 2 heterocycles. The number of alkyl carbamates (subject to hydrolysis) is 2. The van der Waals surface area contributed by atoms with Gasteiger partial charge in [0.05, 0.1) is 13.2 Å². The van der Waals surface area contributed by atoms with Gasteiger partial charge in [0.25, 0.3) is 0 Å². The fraction of sp³-hybridized carbons (Fsp3) is 0.588. The standard InChI is InChI=1S/C17H26N2O3.C12H16INO2.C5H11NO/c1-17(2,3)22-16(20)18-13-14-5-7-15(8-6-14)19-9-4-11-21-12-10-19;1-12(2,3)16-11(15)14-8-9-4-6-10(13)7-5-9;1-2-6-3-5-7-4-1/h5-8H,4,9-13H2,1-3H3,(H,18,20);4-7H,8H2,1-3H3,(H,14,15);6H,1-5H2. The van der Waals surface area contributed by atoms with Gasteiger partial charge in [-0.05, 0) is 119 Å². The minimum absolute atomic E-state index is 0.383. The van der Waals surface area contributed by atoms with Crippen molar-refractivity contribution in [3.05, 3.63) is 63.2 Å². The lowest BCUT2D eigenvalue weighted by Crippen LogP contribution is -2.32. The molecule has 2 aromatic carbocycles. The smallest absolute Gasteiger partial charge is 0.407 e. The van der Waals surface area contributed by atoms with Gasteiger partial charge in [-0.1, -0.05) is 24.3 Å². The number of rotatable bonds is 5. The van der Waals surface area contributed by atoms with Crippen molar-refractivity contribution in [3.8, 4) is 0 Å². The molecule has 10 nitrogen and oxygen atoms in total. The Bertz CT molecular complexity index is 1090. The molecule has 2 aliphatic heterocycles. The largest absolute Gasteiger partial charge is 0.444 e. The van der Waals surface area contributed by atoms with Crippen LogP contribution in [0.1, 0.15) is 65.5 Å². The van der Waals surface area contributed by atoms with Crippen molar-refractivity contribution >= 4 is 40.5 Å². The third-order valence-electron chi connectivity index (χ3n) is 6.17. The Morgan fingerprint density at radius 2 is 1.24 bits per heavy atom. The summed E-state index contributed by atoms with van der Waals surface area (Å²) in [6.45, 7) is 19.6. The van der Waals surface area contributed by atoms with Gasteiger partial charge in [0.2, 0.25) is 0 Å². The second-order valence-electron chi connectivity index (χ2n) is 12.7. The summed E-state index contributed by atoms with van der Waals surface area (Å²) in [7, 11) is 0. The van der Waals surface area contributed by atoms with Crippen molar-refractivity contribution < 1.29 is 28.5 Å². The molecular weight excluding hydrogens is 687 g/mol. The average molecular weight is 741 g/mol. The SMILES string of the molecule is C1CNCCOC1.CC(C)(C)OC(=O)NCc1ccc(I)cc1.CC(C)(C)OC(=O)NCc1ccc(N2CCCOCC2)cc1. The van der Waals surface area contributed by atoms with Crippen molar-refractivity contribution in [1.29, 1.82) is 0 Å². The van der Waals surface area contributed by atoms with Crippen molar-refractivity contribution in [2.45, 2.75) is 78.7 Å². The van der Waals surface area contributed by atoms with E-state index in [1.54, 1.807) is 0 Å². The highest BCUT2D eigenvalue weighted by molar-refractivity contribution is 14.1. The summed E-state index contributed by atoms with van der Waals surface area (Å²) in [5, 5.41) is 8.70. The molecule has 2 amide bonds. The lowest BCUT2D eigenvalue weighted by Gasteiger charge is -2.22. The van der Waals surface area contributed by atoms with Crippen molar-refractivity contribution in [2.24, 2.45) is 0 Å². The molecule has 45 heavy (non-hydrogen) atoms. The quantitative estimate of drug-likeness (QED) is 0.309. The van der Waals surface area contributed by atoms with Gasteiger partial charge in [0.1, 0.15) is 11.2 Å². The molecule has 3 N–H and O–H groups in total. The predicted molar refractivity (Wildman–Crippen MR) is 188 cm³/mol. The van der Waals surface area contributed by atoms with E-state index in [9.17, 15) is 9.59 Å². The molecule has 0 unspecified atom stereocenters. The van der Waals surface area contributed by atoms with Crippen LogP contribution in [0.25, 0.3) is 0 Å². The summed E-state index contributed by atoms with van der Waals surface area (Å²) in [6.07, 6.45) is 1.45. The van der Waals surface area contributed by atoms with Crippen molar-refractivity contribution in [3.63, 3.8) is 0 Å². The van der Waals surface area contributed by atoms with Gasteiger partial charge >= 0.3 is 12.2 Å². The lowest BCUT2D eigenvalue weighted by atomic mass is 10.2. The molecule has 0 aliphatic carbocycles. The average Bonchev–Trinajstić information content (AvgIpc) is 3.44. The normalized spacial score (nSPS) is 15.5. The summed E-state index contributed by atoms with van der Waals surface area (Å²) in [5.41, 5.74) is 2.40. The molecule has 4 rings (SSSR count). The summed E-state index contributed by atoms with van der Waals surface area (Å²) in [6, 6.07) is 16.3. The maximum absolute atomic E-state index is 11.6. The van der Waals surface area contributed by atoms with Gasteiger partial charge in [-0.3, -0.25) is 0 Å². The van der Waals surface area contributed by atoms with Crippen molar-refractivity contribution in [2.75, 3.05) is 57.5 Å². The van der Waals surface area contributed by atoms with Crippen LogP contribution in [0.4, 0.5) is 15.3 Å². The molecule has 0 radical (unpaired) electrons. The van der Waals surface area contributed by atoms with Crippen LogP contribution in [0.5, 0.6) is 0 Å². The van der Waals surface area contributed by atoms with Gasteiger partial charge < -0.3 is 39.8 Å². The zero-order valence-electron chi connectivity index (χ0n) is 27.9. The number of anilines is 1. The number of nitrogens with one attached hydrogen (secondary N) is 3. The zero-order chi connectivity index (χ0) is 33.1. The predicted octanol–water partition coefficient (Wildman–Crippen LogP) is 6.25. The second kappa shape index (κ2) is 20.5. The monoisotopic (exact) mass is 740 g/mol. The molecule has 0 spiro atoms. The molecule has 0 bridgehead atoms. The van der Waals surface area contributed by atoms with E-state index in [0.29, 0.717) is 13.1 Å². The first kappa shape index (κ1) is 38.6. The van der Waals surface area contributed by atoms with Crippen LogP contribution < -0.4 is 20.9 Å². The Morgan fingerprint density at radius 3 is 1.80 bits per heavy atom. The van der Waals surface area contributed by atoms with Gasteiger partial charge in [-0.15, -0.1) is 0 Å². The molecule has 2 aromatic rings. The fourth-order valence-corrected chi connectivity index (χ4v) is 4.44. The number of amides is 2. The van der Waals surface area contributed by atoms with E-state index >= 15 is 0 Å². The maximum atomic E-state index is 11.6. The number of halogens is 1. The molecule has 252 valence electrons. The van der Waals surface area contributed by atoms with E-state index in [4.69, 9.17) is 18.9 Å². The first-order valence-electron chi connectivity index (χ1n) is 15.7. The summed E-state index contributed by atoms with van der Waals surface area (Å²) in [4.78, 5) is 25.3. The molecule has 0 aromatic heterocycles. The van der Waals surface area contributed by atoms with Gasteiger partial charge in [-0.2, -0.15) is 0 Å². The first-order chi connectivity index (χ1) is 21.3. The van der Waals surface area contributed by atoms with E-state index in [1.165, 1.54) is 15.7 Å². The van der Waals surface area contributed by atoms with Crippen LogP contribution in [-0.2, 0) is 32.0 Å². The molecule has 0 saturated carbocycles. The highest BCUT2D eigenvalue weighted by Gasteiger charge is 2.16. The Balaban J connectivity index is 0.000000266. The number of hydrogen-bond acceptors (Lipinski definition) is 8. The van der Waals surface area contributed by atoms with Crippen LogP contribution in [-0.4, -0.2) is 76.0 Å². The van der Waals surface area contributed by atoms with E-state index in [-0.39, 0.29) is 12.2 Å². The van der Waals surface area contributed by atoms with E-state index < -0.39 is 11.2 Å². The molecule has 11 heteroatoms. The zero-order valence-corrected chi connectivity index (χ0v) is 30.0. The topological polar surface area (TPSA) is 110 Å². The van der Waals surface area contributed by atoms with Crippen LogP contribution in [0.15, 0.2) is 48.5 Å². The first-order valence-corrected chi connectivity index (χ1v) is 16.8. The minimum Gasteiger partial charge on any atom is -0.444 e. The van der Waals surface area contributed by atoms with Gasteiger partial charge in [0, 0.05) is 55.2 Å². The number of benzene rings is 2. The van der Waals surface area contributed by atoms with Crippen LogP contribution in [0, 0.1) is 3.57 Å². The number of hydrogen-bond donors (Lipinski definition) is 3. The van der Waals surface area contributed by atoms with Crippen molar-refractivity contribution in [1.82, 2.24) is 16.0 Å². The number of carbonyl (C=O) groups excluding carboxylic acids is 2. The van der Waals surface area contributed by atoms with Gasteiger partial charge in [-0.25, -0.2) is 9.59 Å². The summed E-state index contributed by atoms with van der Waals surface area (Å²) in [5.74, 6) is 0. The number of ether oxygens (including phenoxy) is 4. The van der Waals surface area contributed by atoms with E-state index in [0.717, 1.165) is 70.2 Å². The van der Waals surface area contributed by atoms with E-state index in [2.05, 4.69) is 55.6 Å². The van der Waals surface area contributed by atoms with E-state index in [1.807, 2.05) is 77.9 Å². The van der Waals surface area contributed by atoms with Crippen LogP contribution >= 0.6 is 22.6 Å². The number of nitrogens with zero attached hydrogens (tertiary/aromatic N) is 1. The third-order valence-corrected chi connectivity index (χ3v) is 6.89.